The van der Waals surface area contributed by atoms with Gasteiger partial charge in [0.05, 0.1) is 22.6 Å². The maximum atomic E-state index is 12.5. The second kappa shape index (κ2) is 10.5. The summed E-state index contributed by atoms with van der Waals surface area (Å²) in [5.41, 5.74) is 0.897. The number of thiophene rings is 1. The SMILES string of the molecule is O=C(O)CCCCCOc1ccccc1CNC(=O)c1ccc(-c2ccco2)s1. The van der Waals surface area contributed by atoms with E-state index in [9.17, 15) is 9.59 Å². The number of benzene rings is 1. The van der Waals surface area contributed by atoms with E-state index in [1.807, 2.05) is 42.5 Å². The Labute approximate surface area is 173 Å². The van der Waals surface area contributed by atoms with Gasteiger partial charge in [0.25, 0.3) is 5.91 Å². The van der Waals surface area contributed by atoms with Crippen LogP contribution in [0.2, 0.25) is 0 Å². The topological polar surface area (TPSA) is 88.8 Å². The highest BCUT2D eigenvalue weighted by molar-refractivity contribution is 7.17. The first-order valence-electron chi connectivity index (χ1n) is 9.48. The maximum absolute atomic E-state index is 12.5. The van der Waals surface area contributed by atoms with Crippen LogP contribution in [0.15, 0.2) is 59.2 Å². The van der Waals surface area contributed by atoms with Crippen LogP contribution in [-0.4, -0.2) is 23.6 Å². The van der Waals surface area contributed by atoms with Gasteiger partial charge in [0.15, 0.2) is 0 Å². The van der Waals surface area contributed by atoms with Crippen LogP contribution in [0.1, 0.15) is 40.9 Å². The Balaban J connectivity index is 1.49. The Morgan fingerprint density at radius 1 is 1.03 bits per heavy atom. The number of para-hydroxylation sites is 1. The minimum atomic E-state index is -0.769. The van der Waals surface area contributed by atoms with Crippen LogP contribution >= 0.6 is 11.3 Å². The van der Waals surface area contributed by atoms with Crippen LogP contribution in [0.4, 0.5) is 0 Å². The molecule has 2 aromatic heterocycles. The van der Waals surface area contributed by atoms with E-state index in [0.29, 0.717) is 24.4 Å². The third-order valence-corrected chi connectivity index (χ3v) is 5.40. The third kappa shape index (κ3) is 6.22. The van der Waals surface area contributed by atoms with Gasteiger partial charge in [0.1, 0.15) is 11.5 Å². The molecule has 0 aliphatic rings. The molecule has 0 unspecified atom stereocenters. The fourth-order valence-electron chi connectivity index (χ4n) is 2.80. The monoisotopic (exact) mass is 413 g/mol. The average molecular weight is 413 g/mol. The summed E-state index contributed by atoms with van der Waals surface area (Å²) in [5.74, 6) is 0.565. The molecule has 152 valence electrons. The summed E-state index contributed by atoms with van der Waals surface area (Å²) in [5, 5.41) is 11.6. The summed E-state index contributed by atoms with van der Waals surface area (Å²) in [4.78, 5) is 24.5. The Morgan fingerprint density at radius 2 is 1.90 bits per heavy atom. The zero-order chi connectivity index (χ0) is 20.5. The molecule has 0 aliphatic carbocycles. The molecule has 0 saturated heterocycles. The van der Waals surface area contributed by atoms with Crippen LogP contribution < -0.4 is 10.1 Å². The second-order valence-corrected chi connectivity index (χ2v) is 7.57. The Hall–Kier alpha value is -3.06. The largest absolute Gasteiger partial charge is 0.493 e. The number of hydrogen-bond acceptors (Lipinski definition) is 5. The number of carbonyl (C=O) groups excluding carboxylic acids is 1. The molecule has 1 amide bonds. The van der Waals surface area contributed by atoms with E-state index in [1.54, 1.807) is 12.3 Å². The highest BCUT2D eigenvalue weighted by atomic mass is 32.1. The number of ether oxygens (including phenoxy) is 1. The molecule has 3 aromatic rings. The van der Waals surface area contributed by atoms with Crippen molar-refractivity contribution in [3.8, 4) is 16.4 Å². The molecular weight excluding hydrogens is 390 g/mol. The number of furan rings is 1. The van der Waals surface area contributed by atoms with Gasteiger partial charge in [-0.2, -0.15) is 0 Å². The average Bonchev–Trinajstić information content (AvgIpc) is 3.41. The van der Waals surface area contributed by atoms with Crippen molar-refractivity contribution in [3.63, 3.8) is 0 Å². The zero-order valence-electron chi connectivity index (χ0n) is 15.9. The second-order valence-electron chi connectivity index (χ2n) is 6.48. The molecular formula is C22H23NO5S. The van der Waals surface area contributed by atoms with Crippen LogP contribution in [0, 0.1) is 0 Å². The number of unbranched alkanes of at least 4 members (excludes halogenated alkanes) is 2. The van der Waals surface area contributed by atoms with Gasteiger partial charge in [-0.25, -0.2) is 0 Å². The first-order chi connectivity index (χ1) is 14.1. The summed E-state index contributed by atoms with van der Waals surface area (Å²) < 4.78 is 11.2. The lowest BCUT2D eigenvalue weighted by Crippen LogP contribution is -2.22. The van der Waals surface area contributed by atoms with Crippen LogP contribution in [0.5, 0.6) is 5.75 Å². The van der Waals surface area contributed by atoms with Gasteiger partial charge < -0.3 is 19.6 Å². The van der Waals surface area contributed by atoms with Crippen molar-refractivity contribution in [2.24, 2.45) is 0 Å². The van der Waals surface area contributed by atoms with E-state index in [0.717, 1.165) is 34.8 Å². The highest BCUT2D eigenvalue weighted by Crippen LogP contribution is 2.28. The Bertz CT molecular complexity index is 932. The maximum Gasteiger partial charge on any atom is 0.303 e. The molecule has 2 N–H and O–H groups in total. The number of aliphatic carboxylic acids is 1. The van der Waals surface area contributed by atoms with Crippen LogP contribution in [0.3, 0.4) is 0 Å². The molecule has 0 radical (unpaired) electrons. The number of amides is 1. The van der Waals surface area contributed by atoms with E-state index in [4.69, 9.17) is 14.3 Å². The predicted molar refractivity (Wildman–Crippen MR) is 111 cm³/mol. The number of nitrogens with one attached hydrogen (secondary N) is 1. The number of carboxylic acid groups (broad SMARTS) is 1. The van der Waals surface area contributed by atoms with Gasteiger partial charge in [0, 0.05) is 18.5 Å². The Morgan fingerprint density at radius 3 is 2.69 bits per heavy atom. The van der Waals surface area contributed by atoms with Crippen molar-refractivity contribution < 1.29 is 23.8 Å². The highest BCUT2D eigenvalue weighted by Gasteiger charge is 2.12. The minimum absolute atomic E-state index is 0.142. The van der Waals surface area contributed by atoms with Crippen molar-refractivity contribution >= 4 is 23.2 Å². The number of carboxylic acids is 1. The van der Waals surface area contributed by atoms with Crippen molar-refractivity contribution in [2.75, 3.05) is 6.61 Å². The summed E-state index contributed by atoms with van der Waals surface area (Å²) in [6, 6.07) is 14.9. The zero-order valence-corrected chi connectivity index (χ0v) is 16.7. The summed E-state index contributed by atoms with van der Waals surface area (Å²) in [7, 11) is 0. The normalized spacial score (nSPS) is 10.6. The summed E-state index contributed by atoms with van der Waals surface area (Å²) in [6.45, 7) is 0.879. The summed E-state index contributed by atoms with van der Waals surface area (Å²) in [6.07, 6.45) is 4.04. The van der Waals surface area contributed by atoms with Gasteiger partial charge in [-0.05, 0) is 49.6 Å². The molecule has 6 nitrogen and oxygen atoms in total. The molecule has 3 rings (SSSR count). The van der Waals surface area contributed by atoms with Crippen molar-refractivity contribution in [1.82, 2.24) is 5.32 Å². The first-order valence-corrected chi connectivity index (χ1v) is 10.3. The molecule has 1 aromatic carbocycles. The third-order valence-electron chi connectivity index (χ3n) is 4.30. The van der Waals surface area contributed by atoms with E-state index < -0.39 is 5.97 Å². The fourth-order valence-corrected chi connectivity index (χ4v) is 3.69. The molecule has 29 heavy (non-hydrogen) atoms. The first kappa shape index (κ1) is 20.7. The molecule has 0 aliphatic heterocycles. The van der Waals surface area contributed by atoms with Crippen molar-refractivity contribution in [3.05, 3.63) is 65.2 Å². The van der Waals surface area contributed by atoms with Crippen LogP contribution in [-0.2, 0) is 11.3 Å². The Kier molecular flexibility index (Phi) is 7.47. The smallest absolute Gasteiger partial charge is 0.303 e. The number of rotatable bonds is 11. The number of carbonyl (C=O) groups is 2. The molecule has 0 saturated carbocycles. The molecule has 0 bridgehead atoms. The lowest BCUT2D eigenvalue weighted by Gasteiger charge is -2.12. The van der Waals surface area contributed by atoms with Gasteiger partial charge >= 0.3 is 5.97 Å². The van der Waals surface area contributed by atoms with Gasteiger partial charge in [-0.3, -0.25) is 9.59 Å². The number of hydrogen-bond donors (Lipinski definition) is 2. The quantitative estimate of drug-likeness (QED) is 0.434. The molecule has 2 heterocycles. The summed E-state index contributed by atoms with van der Waals surface area (Å²) >= 11 is 1.38. The van der Waals surface area contributed by atoms with Gasteiger partial charge in [-0.1, -0.05) is 18.2 Å². The minimum Gasteiger partial charge on any atom is -0.493 e. The van der Waals surface area contributed by atoms with E-state index in [-0.39, 0.29) is 12.3 Å². The van der Waals surface area contributed by atoms with E-state index in [1.165, 1.54) is 11.3 Å². The van der Waals surface area contributed by atoms with Crippen LogP contribution in [0.25, 0.3) is 10.6 Å². The lowest BCUT2D eigenvalue weighted by molar-refractivity contribution is -0.137. The molecule has 0 fully saturated rings. The molecule has 7 heteroatoms. The van der Waals surface area contributed by atoms with E-state index >= 15 is 0 Å². The van der Waals surface area contributed by atoms with Gasteiger partial charge in [-0.15, -0.1) is 11.3 Å². The van der Waals surface area contributed by atoms with E-state index in [2.05, 4.69) is 5.32 Å². The lowest BCUT2D eigenvalue weighted by atomic mass is 10.2. The van der Waals surface area contributed by atoms with Crippen molar-refractivity contribution in [1.29, 1.82) is 0 Å². The van der Waals surface area contributed by atoms with Gasteiger partial charge in [0.2, 0.25) is 0 Å². The molecule has 0 atom stereocenters. The molecule has 0 spiro atoms. The predicted octanol–water partition coefficient (Wildman–Crippen LogP) is 4.96. The van der Waals surface area contributed by atoms with Crippen molar-refractivity contribution in [2.45, 2.75) is 32.2 Å². The standard InChI is InChI=1S/C22H23NO5S/c24-21(25)10-2-1-5-13-27-17-8-4-3-7-16(17)15-23-22(26)20-12-11-19(29-20)18-9-6-14-28-18/h3-4,6-9,11-12,14H,1-2,5,10,13,15H2,(H,23,26)(H,24,25). The fraction of sp³-hybridized carbons (Fsp3) is 0.273.